The first-order valence-electron chi connectivity index (χ1n) is 6.22. The molecule has 1 unspecified atom stereocenters. The first kappa shape index (κ1) is 13.6. The highest BCUT2D eigenvalue weighted by atomic mass is 13.8. The van der Waals surface area contributed by atoms with Crippen LogP contribution in [-0.2, 0) is 0 Å². The van der Waals surface area contributed by atoms with Gasteiger partial charge in [-0.05, 0) is 0 Å². The first-order valence-corrected chi connectivity index (χ1v) is 6.22. The molecule has 0 aromatic rings. The van der Waals surface area contributed by atoms with E-state index in [1.165, 1.54) is 48.8 Å². The Balaban J connectivity index is -0.0000000131. The number of hydrogen-bond donors (Lipinski definition) is 0. The third-order valence-electron chi connectivity index (χ3n) is 3.23. The fourth-order valence-electron chi connectivity index (χ4n) is 1.92. The molecule has 0 N–H and O–H groups in total. The minimum absolute atomic E-state index is 0. The Morgan fingerprint density at radius 1 is 1.31 bits per heavy atom. The van der Waals surface area contributed by atoms with Crippen molar-refractivity contribution >= 4 is 64.6 Å². The quantitative estimate of drug-likeness (QED) is 0.273. The van der Waals surface area contributed by atoms with Crippen molar-refractivity contribution in [3.8, 4) is 0 Å². The van der Waals surface area contributed by atoms with Crippen LogP contribution in [0.2, 0.25) is 19.0 Å². The third kappa shape index (κ3) is 7.64. The van der Waals surface area contributed by atoms with Crippen molar-refractivity contribution in [2.75, 3.05) is 0 Å². The van der Waals surface area contributed by atoms with Crippen LogP contribution in [0.15, 0.2) is 0 Å². The van der Waals surface area contributed by atoms with Crippen LogP contribution in [0.4, 0.5) is 0 Å². The molecule has 0 aromatic heterocycles. The maximum Gasteiger partial charge on any atom is 0.0948 e. The van der Waals surface area contributed by atoms with Crippen molar-refractivity contribution in [2.45, 2.75) is 25.9 Å². The minimum atomic E-state index is 0. The zero-order valence-electron chi connectivity index (χ0n) is 21.1. The largest absolute Gasteiger partial charge is 1.00 e. The van der Waals surface area contributed by atoms with Crippen molar-refractivity contribution in [1.29, 1.82) is 0 Å². The van der Waals surface area contributed by atoms with Gasteiger partial charge in [-0.25, -0.2) is 0 Å². The van der Waals surface area contributed by atoms with Gasteiger partial charge in [0, 0.05) is 28.2 Å². The van der Waals surface area contributed by atoms with Crippen LogP contribution in [0.3, 0.4) is 0 Å². The molecule has 0 aliphatic carbocycles. The summed E-state index contributed by atoms with van der Waals surface area (Å²) in [5.74, 6) is 0.941. The van der Waals surface area contributed by atoms with E-state index in [1.54, 1.807) is 0 Å². The van der Waals surface area contributed by atoms with E-state index in [2.05, 4.69) is 29.2 Å². The van der Waals surface area contributed by atoms with E-state index in [1.807, 2.05) is 0 Å². The van der Waals surface area contributed by atoms with Crippen molar-refractivity contribution < 1.29 is 15.7 Å². The number of hydrogen-bond acceptors (Lipinski definition) is 0. The Morgan fingerprint density at radius 3 is 2.54 bits per heavy atom. The topological polar surface area (TPSA) is 0 Å². The summed E-state index contributed by atoms with van der Waals surface area (Å²) >= 11 is 0. The molecule has 0 amide bonds. The van der Waals surface area contributed by atoms with Gasteiger partial charge in [0.1, 0.15) is 0 Å². The molecule has 0 nitrogen and oxygen atoms in total. The van der Waals surface area contributed by atoms with Gasteiger partial charge in [0.05, 0.1) is 36.3 Å². The van der Waals surface area contributed by atoms with Gasteiger partial charge in [-0.3, -0.25) is 0 Å². The Kier molecular flexibility index (Phi) is 9.56. The molecule has 84 valence electrons. The van der Waals surface area contributed by atoms with Crippen LogP contribution in [0, 0.1) is 0 Å². The van der Waals surface area contributed by atoms with Gasteiger partial charge < -0.3 is 15.7 Å². The Morgan fingerprint density at radius 2 is 2.00 bits per heavy atom. The summed E-state index contributed by atoms with van der Waals surface area (Å²) in [6.45, 7) is 5.77. The standard InChI is InChI=1S/C4H19B9.11H/c1-4(13(2)12-9-6)3-7-10-11-8-5;;;;;;;;;;;/h4,7-12H,3,5-6H2,1-2H3;;;;;;;;;;;/q;11*-1. The molecule has 0 bridgehead atoms. The van der Waals surface area contributed by atoms with Crippen molar-refractivity contribution in [3.63, 3.8) is 0 Å². The maximum atomic E-state index is 2.42. The summed E-state index contributed by atoms with van der Waals surface area (Å²) in [6.07, 6.45) is 1.45. The highest BCUT2D eigenvalue weighted by Gasteiger charge is 2.14. The lowest BCUT2D eigenvalue weighted by molar-refractivity contribution is 1.05. The highest BCUT2D eigenvalue weighted by Crippen LogP contribution is 2.12. The predicted octanol–water partition coefficient (Wildman–Crippen LogP) is -2.97. The predicted molar refractivity (Wildman–Crippen MR) is 98.1 cm³/mol. The molecule has 13 heavy (non-hydrogen) atoms. The lowest BCUT2D eigenvalue weighted by Gasteiger charge is -2.14. The van der Waals surface area contributed by atoms with Crippen LogP contribution in [-0.4, -0.2) is 64.6 Å². The first-order chi connectivity index (χ1) is 6.22. The van der Waals surface area contributed by atoms with E-state index in [-0.39, 0.29) is 15.7 Å². The monoisotopic (exact) mass is 177 g/mol. The molecular formula is C4H30B9-11. The second kappa shape index (κ2) is 9.15. The molecule has 1 atom stereocenters. The minimum Gasteiger partial charge on any atom is -1.00 e. The highest BCUT2D eigenvalue weighted by molar-refractivity contribution is 7.51. The zero-order chi connectivity index (χ0) is 10.1. The fourth-order valence-corrected chi connectivity index (χ4v) is 1.92. The summed E-state index contributed by atoms with van der Waals surface area (Å²) < 4.78 is 0. The molecule has 0 spiro atoms. The smallest absolute Gasteiger partial charge is 0.0948 e. The van der Waals surface area contributed by atoms with Gasteiger partial charge in [-0.1, -0.05) is 25.9 Å². The van der Waals surface area contributed by atoms with E-state index in [4.69, 9.17) is 0 Å². The second-order valence-corrected chi connectivity index (χ2v) is 4.59. The van der Waals surface area contributed by atoms with Crippen LogP contribution in [0.25, 0.3) is 0 Å². The van der Waals surface area contributed by atoms with Crippen LogP contribution in [0.5, 0.6) is 0 Å². The lowest BCUT2D eigenvalue weighted by atomic mass is 9.00. The zero-order valence-corrected chi connectivity index (χ0v) is 10.1. The normalized spacial score (nSPS) is 10.9. The lowest BCUT2D eigenvalue weighted by Crippen LogP contribution is -2.30. The van der Waals surface area contributed by atoms with Gasteiger partial charge >= 0.3 is 0 Å². The molecular weight excluding hydrogens is 145 g/mol. The average molecular weight is 176 g/mol. The van der Waals surface area contributed by atoms with Gasteiger partial charge in [0.25, 0.3) is 0 Å². The Labute approximate surface area is 107 Å². The molecule has 0 aliphatic heterocycles. The van der Waals surface area contributed by atoms with E-state index >= 15 is 0 Å². The molecule has 0 saturated carbocycles. The van der Waals surface area contributed by atoms with E-state index in [0.717, 1.165) is 12.4 Å². The van der Waals surface area contributed by atoms with Crippen molar-refractivity contribution in [3.05, 3.63) is 0 Å². The van der Waals surface area contributed by atoms with E-state index in [9.17, 15) is 0 Å². The SMILES string of the molecule is BBBBBCC(C)B(C)BBB.[H-].[H-].[H-].[H-].[H-].[H-].[H-].[H-].[H-].[H-].[H-]. The molecule has 0 saturated heterocycles. The fraction of sp³-hybridized carbons (Fsp3) is 1.00. The second-order valence-electron chi connectivity index (χ2n) is 4.59. The van der Waals surface area contributed by atoms with E-state index in [0.29, 0.717) is 0 Å². The van der Waals surface area contributed by atoms with Crippen molar-refractivity contribution in [2.24, 2.45) is 0 Å². The average Bonchev–Trinajstić information content (AvgIpc) is 2.12. The Bertz CT molecular complexity index is 132. The Hall–Kier alpha value is 0.584. The molecule has 0 aromatic carbocycles. The van der Waals surface area contributed by atoms with Gasteiger partial charge in [-0.2, -0.15) is 0 Å². The van der Waals surface area contributed by atoms with Crippen LogP contribution >= 0.6 is 0 Å². The molecule has 0 radical (unpaired) electrons. The van der Waals surface area contributed by atoms with Crippen molar-refractivity contribution in [1.82, 2.24) is 0 Å². The summed E-state index contributed by atoms with van der Waals surface area (Å²) in [4.78, 5) is 0. The van der Waals surface area contributed by atoms with Crippen LogP contribution < -0.4 is 0 Å². The third-order valence-corrected chi connectivity index (χ3v) is 3.23. The van der Waals surface area contributed by atoms with E-state index < -0.39 is 0 Å². The molecule has 0 aliphatic rings. The molecule has 0 heterocycles. The van der Waals surface area contributed by atoms with Crippen LogP contribution in [0.1, 0.15) is 22.6 Å². The van der Waals surface area contributed by atoms with Gasteiger partial charge in [0.2, 0.25) is 0 Å². The summed E-state index contributed by atoms with van der Waals surface area (Å²) in [6, 6.07) is 0. The molecule has 0 rings (SSSR count). The summed E-state index contributed by atoms with van der Waals surface area (Å²) in [5, 5.41) is 0. The summed E-state index contributed by atoms with van der Waals surface area (Å²) in [5.41, 5.74) is 0. The number of rotatable bonds is 8. The summed E-state index contributed by atoms with van der Waals surface area (Å²) in [7, 11) is 13.0. The van der Waals surface area contributed by atoms with Gasteiger partial charge in [-0.15, -0.1) is 0 Å². The molecule has 0 fully saturated rings. The van der Waals surface area contributed by atoms with Gasteiger partial charge in [0.15, 0.2) is 0 Å². The molecule has 9 heteroatoms. The maximum absolute atomic E-state index is 2.42.